The highest BCUT2D eigenvalue weighted by Gasteiger charge is 2.02. The van der Waals surface area contributed by atoms with Gasteiger partial charge in [0.1, 0.15) is 0 Å². The van der Waals surface area contributed by atoms with Crippen molar-refractivity contribution in [3.63, 3.8) is 0 Å². The standard InChI is InChI=1S/C10H12BrNO3S/c11-9-3-1-8(16-9)2-4-10(15)12-5-7(14)6-13/h1-4,7,13-14H,5-6H2,(H,12,15). The summed E-state index contributed by atoms with van der Waals surface area (Å²) in [7, 11) is 0. The molecule has 1 unspecified atom stereocenters. The van der Waals surface area contributed by atoms with E-state index in [1.54, 1.807) is 6.08 Å². The van der Waals surface area contributed by atoms with E-state index in [2.05, 4.69) is 21.2 Å². The summed E-state index contributed by atoms with van der Waals surface area (Å²) >= 11 is 4.84. The van der Waals surface area contributed by atoms with Gasteiger partial charge in [-0.05, 0) is 34.1 Å². The van der Waals surface area contributed by atoms with Crippen LogP contribution in [0.3, 0.4) is 0 Å². The van der Waals surface area contributed by atoms with Crippen molar-refractivity contribution in [1.82, 2.24) is 5.32 Å². The molecule has 3 N–H and O–H groups in total. The number of hydrogen-bond donors (Lipinski definition) is 3. The number of carbonyl (C=O) groups excluding carboxylic acids is 1. The molecule has 0 saturated heterocycles. The fourth-order valence-electron chi connectivity index (χ4n) is 0.918. The van der Waals surface area contributed by atoms with E-state index in [-0.39, 0.29) is 19.1 Å². The first kappa shape index (κ1) is 13.4. The van der Waals surface area contributed by atoms with Crippen LogP contribution in [-0.2, 0) is 4.79 Å². The zero-order valence-electron chi connectivity index (χ0n) is 8.39. The molecule has 0 aliphatic carbocycles. The number of carbonyl (C=O) groups is 1. The molecule has 1 atom stereocenters. The van der Waals surface area contributed by atoms with Crippen molar-refractivity contribution in [2.45, 2.75) is 6.10 Å². The Bertz CT molecular complexity index is 378. The lowest BCUT2D eigenvalue weighted by Gasteiger charge is -2.06. The number of hydrogen-bond acceptors (Lipinski definition) is 4. The second kappa shape index (κ2) is 6.80. The van der Waals surface area contributed by atoms with Crippen molar-refractivity contribution >= 4 is 39.2 Å². The van der Waals surface area contributed by atoms with Crippen molar-refractivity contribution in [2.75, 3.05) is 13.2 Å². The van der Waals surface area contributed by atoms with E-state index in [0.29, 0.717) is 0 Å². The van der Waals surface area contributed by atoms with E-state index >= 15 is 0 Å². The molecule has 0 aliphatic rings. The number of nitrogens with one attached hydrogen (secondary N) is 1. The number of amides is 1. The molecule has 4 nitrogen and oxygen atoms in total. The van der Waals surface area contributed by atoms with Crippen LogP contribution in [-0.4, -0.2) is 35.4 Å². The van der Waals surface area contributed by atoms with Gasteiger partial charge in [-0.3, -0.25) is 4.79 Å². The fourth-order valence-corrected chi connectivity index (χ4v) is 2.24. The minimum atomic E-state index is -0.909. The smallest absolute Gasteiger partial charge is 0.244 e. The monoisotopic (exact) mass is 305 g/mol. The number of thiophene rings is 1. The van der Waals surface area contributed by atoms with Gasteiger partial charge in [-0.2, -0.15) is 0 Å². The number of rotatable bonds is 5. The molecule has 0 fully saturated rings. The van der Waals surface area contributed by atoms with Gasteiger partial charge in [0.2, 0.25) is 5.91 Å². The predicted octanol–water partition coefficient (Wildman–Crippen LogP) is 0.993. The molecule has 1 aromatic rings. The van der Waals surface area contributed by atoms with Gasteiger partial charge in [-0.15, -0.1) is 11.3 Å². The predicted molar refractivity (Wildman–Crippen MR) is 67.2 cm³/mol. The first-order valence-electron chi connectivity index (χ1n) is 4.62. The Hall–Kier alpha value is -0.690. The summed E-state index contributed by atoms with van der Waals surface area (Å²) < 4.78 is 1.00. The van der Waals surface area contributed by atoms with Crippen LogP contribution < -0.4 is 5.32 Å². The van der Waals surface area contributed by atoms with Crippen LogP contribution in [0.5, 0.6) is 0 Å². The normalized spacial score (nSPS) is 12.9. The molecule has 0 spiro atoms. The van der Waals surface area contributed by atoms with E-state index in [1.807, 2.05) is 12.1 Å². The average Bonchev–Trinajstić information content (AvgIpc) is 2.69. The van der Waals surface area contributed by atoms with Crippen LogP contribution in [0.15, 0.2) is 22.0 Å². The Balaban J connectivity index is 2.36. The molecule has 6 heteroatoms. The Labute approximate surface area is 106 Å². The second-order valence-corrected chi connectivity index (χ2v) is 5.55. The van der Waals surface area contributed by atoms with Crippen LogP contribution in [0.4, 0.5) is 0 Å². The SMILES string of the molecule is O=C(C=Cc1ccc(Br)s1)NCC(O)CO. The van der Waals surface area contributed by atoms with Crippen molar-refractivity contribution in [1.29, 1.82) is 0 Å². The molecule has 0 radical (unpaired) electrons. The van der Waals surface area contributed by atoms with Gasteiger partial charge in [0.05, 0.1) is 16.5 Å². The van der Waals surface area contributed by atoms with Crippen LogP contribution in [0, 0.1) is 0 Å². The number of halogens is 1. The quantitative estimate of drug-likeness (QED) is 0.711. The minimum Gasteiger partial charge on any atom is -0.394 e. The zero-order valence-corrected chi connectivity index (χ0v) is 10.8. The molecule has 88 valence electrons. The highest BCUT2D eigenvalue weighted by atomic mass is 79.9. The van der Waals surface area contributed by atoms with Crippen molar-refractivity contribution in [3.8, 4) is 0 Å². The third kappa shape index (κ3) is 4.89. The maximum absolute atomic E-state index is 11.2. The fraction of sp³-hybridized carbons (Fsp3) is 0.300. The lowest BCUT2D eigenvalue weighted by Crippen LogP contribution is -2.32. The molecule has 16 heavy (non-hydrogen) atoms. The molecule has 1 amide bonds. The van der Waals surface area contributed by atoms with E-state index in [4.69, 9.17) is 10.2 Å². The maximum atomic E-state index is 11.2. The van der Waals surface area contributed by atoms with E-state index in [1.165, 1.54) is 17.4 Å². The summed E-state index contributed by atoms with van der Waals surface area (Å²) in [5, 5.41) is 20.0. The zero-order chi connectivity index (χ0) is 12.0. The Kier molecular flexibility index (Phi) is 5.68. The first-order chi connectivity index (χ1) is 7.61. The lowest BCUT2D eigenvalue weighted by molar-refractivity contribution is -0.117. The molecule has 1 rings (SSSR count). The molecule has 0 aromatic carbocycles. The molecule has 0 aliphatic heterocycles. The van der Waals surface area contributed by atoms with Crippen LogP contribution in [0.2, 0.25) is 0 Å². The van der Waals surface area contributed by atoms with Crippen LogP contribution in [0.25, 0.3) is 6.08 Å². The summed E-state index contributed by atoms with van der Waals surface area (Å²) in [4.78, 5) is 12.2. The number of aliphatic hydroxyl groups excluding tert-OH is 2. The highest BCUT2D eigenvalue weighted by Crippen LogP contribution is 2.22. The van der Waals surface area contributed by atoms with Gasteiger partial charge < -0.3 is 15.5 Å². The summed E-state index contributed by atoms with van der Waals surface area (Å²) in [5.74, 6) is -0.294. The van der Waals surface area contributed by atoms with Gasteiger partial charge in [-0.1, -0.05) is 0 Å². The number of aliphatic hydroxyl groups is 2. The van der Waals surface area contributed by atoms with Gasteiger partial charge in [0.15, 0.2) is 0 Å². The highest BCUT2D eigenvalue weighted by molar-refractivity contribution is 9.11. The average molecular weight is 306 g/mol. The maximum Gasteiger partial charge on any atom is 0.244 e. The van der Waals surface area contributed by atoms with E-state index in [0.717, 1.165) is 8.66 Å². The van der Waals surface area contributed by atoms with E-state index < -0.39 is 6.10 Å². The Morgan fingerprint density at radius 2 is 2.38 bits per heavy atom. The molecule has 1 heterocycles. The molecule has 0 bridgehead atoms. The topological polar surface area (TPSA) is 69.6 Å². The third-order valence-electron chi connectivity index (χ3n) is 1.72. The Morgan fingerprint density at radius 1 is 1.62 bits per heavy atom. The summed E-state index contributed by atoms with van der Waals surface area (Å²) in [6, 6.07) is 3.79. The largest absolute Gasteiger partial charge is 0.394 e. The summed E-state index contributed by atoms with van der Waals surface area (Å²) in [6.45, 7) is -0.310. The van der Waals surface area contributed by atoms with Crippen molar-refractivity contribution < 1.29 is 15.0 Å². The van der Waals surface area contributed by atoms with Crippen LogP contribution in [0.1, 0.15) is 4.88 Å². The van der Waals surface area contributed by atoms with Gasteiger partial charge in [0.25, 0.3) is 0 Å². The van der Waals surface area contributed by atoms with Crippen LogP contribution >= 0.6 is 27.3 Å². The molecule has 1 aromatic heterocycles. The minimum absolute atomic E-state index is 0.0494. The molecular weight excluding hydrogens is 294 g/mol. The van der Waals surface area contributed by atoms with Crippen molar-refractivity contribution in [2.24, 2.45) is 0 Å². The van der Waals surface area contributed by atoms with Gasteiger partial charge in [0, 0.05) is 17.5 Å². The first-order valence-corrected chi connectivity index (χ1v) is 6.23. The summed E-state index contributed by atoms with van der Waals surface area (Å²) in [5.41, 5.74) is 0. The van der Waals surface area contributed by atoms with E-state index in [9.17, 15) is 4.79 Å². The second-order valence-electron chi connectivity index (χ2n) is 3.06. The lowest BCUT2D eigenvalue weighted by atomic mass is 10.3. The Morgan fingerprint density at radius 3 is 2.94 bits per heavy atom. The van der Waals surface area contributed by atoms with Gasteiger partial charge >= 0.3 is 0 Å². The molecule has 0 saturated carbocycles. The molecular formula is C10H12BrNO3S. The third-order valence-corrected chi connectivity index (χ3v) is 3.30. The van der Waals surface area contributed by atoms with Crippen molar-refractivity contribution in [3.05, 3.63) is 26.9 Å². The summed E-state index contributed by atoms with van der Waals surface area (Å²) in [6.07, 6.45) is 2.17. The van der Waals surface area contributed by atoms with Gasteiger partial charge in [-0.25, -0.2) is 0 Å².